The van der Waals surface area contributed by atoms with Gasteiger partial charge in [-0.05, 0) is 80.1 Å². The first-order chi connectivity index (χ1) is 15.0. The van der Waals surface area contributed by atoms with E-state index in [0.29, 0.717) is 18.4 Å². The summed E-state index contributed by atoms with van der Waals surface area (Å²) in [6, 6.07) is 13.6. The number of benzene rings is 1. The lowest BCUT2D eigenvalue weighted by Gasteiger charge is -2.30. The third-order valence-corrected chi connectivity index (χ3v) is 6.66. The molecule has 1 saturated heterocycles. The number of likely N-dealkylation sites (tertiary alicyclic amines) is 1. The van der Waals surface area contributed by atoms with E-state index in [-0.39, 0.29) is 0 Å². The molecule has 1 aromatic carbocycles. The molecule has 4 aromatic rings. The van der Waals surface area contributed by atoms with Crippen LogP contribution in [0.4, 0.5) is 0 Å². The van der Waals surface area contributed by atoms with Gasteiger partial charge in [-0.25, -0.2) is 4.52 Å². The highest BCUT2D eigenvalue weighted by atomic mass is 15.4. The second kappa shape index (κ2) is 7.82. The van der Waals surface area contributed by atoms with Crippen LogP contribution in [-0.2, 0) is 0 Å². The van der Waals surface area contributed by atoms with Gasteiger partial charge in [0.2, 0.25) is 0 Å². The second-order valence-electron chi connectivity index (χ2n) is 9.04. The third-order valence-electron chi connectivity index (χ3n) is 6.66. The molecule has 0 unspecified atom stereocenters. The zero-order valence-corrected chi connectivity index (χ0v) is 18.4. The van der Waals surface area contributed by atoms with Crippen LogP contribution in [0.25, 0.3) is 27.7 Å². The fourth-order valence-electron chi connectivity index (χ4n) is 5.08. The maximum Gasteiger partial charge on any atom is 0.0874 e. The molecule has 1 fully saturated rings. The number of pyridine rings is 1. The van der Waals surface area contributed by atoms with E-state index in [1.807, 2.05) is 10.7 Å². The smallest absolute Gasteiger partial charge is 0.0874 e. The fourth-order valence-corrected chi connectivity index (χ4v) is 5.08. The number of nitriles is 1. The molecule has 0 spiro atoms. The second-order valence-corrected chi connectivity index (χ2v) is 9.04. The fraction of sp³-hybridized carbons (Fsp3) is 0.400. The molecular weight excluding hydrogens is 384 g/mol. The third kappa shape index (κ3) is 3.49. The molecule has 1 aliphatic heterocycles. The topological polar surface area (TPSA) is 73.0 Å². The highest BCUT2D eigenvalue weighted by molar-refractivity contribution is 5.92. The number of aryl methyl sites for hydroxylation is 1. The van der Waals surface area contributed by atoms with Gasteiger partial charge in [0.15, 0.2) is 0 Å². The molecule has 0 atom stereocenters. The van der Waals surface area contributed by atoms with Gasteiger partial charge < -0.3 is 4.98 Å². The van der Waals surface area contributed by atoms with Gasteiger partial charge in [0, 0.05) is 22.2 Å². The lowest BCUT2D eigenvalue weighted by atomic mass is 9.87. The Labute approximate surface area is 182 Å². The average molecular weight is 413 g/mol. The van der Waals surface area contributed by atoms with Gasteiger partial charge in [0.25, 0.3) is 0 Å². The predicted octanol–water partition coefficient (Wildman–Crippen LogP) is 5.01. The minimum atomic E-state index is 0.399. The maximum absolute atomic E-state index is 8.96. The Morgan fingerprint density at radius 1 is 1.19 bits per heavy atom. The Morgan fingerprint density at radius 2 is 2.00 bits per heavy atom. The Balaban J connectivity index is 1.56. The van der Waals surface area contributed by atoms with Crippen LogP contribution in [0.1, 0.15) is 55.3 Å². The summed E-state index contributed by atoms with van der Waals surface area (Å²) in [6.07, 6.45) is 4.04. The zero-order valence-electron chi connectivity index (χ0n) is 18.4. The molecule has 0 amide bonds. The van der Waals surface area contributed by atoms with Gasteiger partial charge in [-0.3, -0.25) is 4.90 Å². The van der Waals surface area contributed by atoms with Crippen molar-refractivity contribution in [1.82, 2.24) is 24.7 Å². The van der Waals surface area contributed by atoms with E-state index in [4.69, 9.17) is 5.26 Å². The Bertz CT molecular complexity index is 1280. The number of aromatic amines is 1. The summed E-state index contributed by atoms with van der Waals surface area (Å²) in [5.41, 5.74) is 8.43. The molecule has 6 heteroatoms. The maximum atomic E-state index is 8.96. The number of nitrogens with zero attached hydrogens (tertiary/aromatic N) is 5. The lowest BCUT2D eigenvalue weighted by Crippen LogP contribution is -2.33. The van der Waals surface area contributed by atoms with Crippen LogP contribution in [0.3, 0.4) is 0 Å². The first-order valence-corrected chi connectivity index (χ1v) is 11.1. The molecule has 158 valence electrons. The molecule has 4 heterocycles. The number of fused-ring (bicyclic) bond motifs is 2. The van der Waals surface area contributed by atoms with Crippen LogP contribution in [0, 0.1) is 18.3 Å². The van der Waals surface area contributed by atoms with Crippen molar-refractivity contribution >= 4 is 16.4 Å². The van der Waals surface area contributed by atoms with Crippen LogP contribution < -0.4 is 0 Å². The monoisotopic (exact) mass is 412 g/mol. The van der Waals surface area contributed by atoms with Gasteiger partial charge in [-0.2, -0.15) is 5.26 Å². The van der Waals surface area contributed by atoms with Crippen molar-refractivity contribution in [2.24, 2.45) is 0 Å². The Kier molecular flexibility index (Phi) is 4.99. The van der Waals surface area contributed by atoms with Gasteiger partial charge in [-0.15, -0.1) is 5.10 Å². The average Bonchev–Trinajstić information content (AvgIpc) is 3.39. The number of piperidine rings is 1. The minimum Gasteiger partial charge on any atom is -0.354 e. The summed E-state index contributed by atoms with van der Waals surface area (Å²) in [4.78, 5) is 5.96. The molecule has 31 heavy (non-hydrogen) atoms. The van der Waals surface area contributed by atoms with Crippen LogP contribution >= 0.6 is 0 Å². The molecular formula is C25H28N6. The number of nitrogens with one attached hydrogen (secondary N) is 1. The van der Waals surface area contributed by atoms with E-state index < -0.39 is 0 Å². The van der Waals surface area contributed by atoms with Crippen LogP contribution in [0.15, 0.2) is 36.5 Å². The SMILES string of the molecule is Cc1cc(-c2[nH]c3ccc(C4CCN(CC#N)CC4)cc3c2C(C)C)cc2cnnn12. The molecule has 1 aliphatic rings. The molecule has 0 aliphatic carbocycles. The van der Waals surface area contributed by atoms with Gasteiger partial charge in [0.05, 0.1) is 30.0 Å². The van der Waals surface area contributed by atoms with E-state index in [1.54, 1.807) is 0 Å². The van der Waals surface area contributed by atoms with E-state index >= 15 is 0 Å². The van der Waals surface area contributed by atoms with E-state index in [2.05, 4.69) is 77.4 Å². The van der Waals surface area contributed by atoms with Gasteiger partial charge in [-0.1, -0.05) is 25.1 Å². The largest absolute Gasteiger partial charge is 0.354 e. The number of aromatic nitrogens is 4. The summed E-state index contributed by atoms with van der Waals surface area (Å²) < 4.78 is 1.87. The standard InChI is InChI=1S/C25H28N6/c1-16(2)24-22-14-19(18-6-9-30(10-7-18)11-8-26)4-5-23(22)28-25(24)20-12-17(3)31-21(13-20)15-27-29-31/h4-5,12-16,18,28H,6-7,9-11H2,1-3H3. The van der Waals surface area contributed by atoms with Crippen molar-refractivity contribution in [1.29, 1.82) is 5.26 Å². The zero-order chi connectivity index (χ0) is 21.5. The molecule has 6 nitrogen and oxygen atoms in total. The van der Waals surface area contributed by atoms with Crippen LogP contribution in [0.5, 0.6) is 0 Å². The number of H-pyrrole nitrogens is 1. The molecule has 0 bridgehead atoms. The highest BCUT2D eigenvalue weighted by Gasteiger charge is 2.23. The van der Waals surface area contributed by atoms with E-state index in [9.17, 15) is 0 Å². The van der Waals surface area contributed by atoms with Crippen LogP contribution in [-0.4, -0.2) is 44.3 Å². The summed E-state index contributed by atoms with van der Waals surface area (Å²) in [5, 5.41) is 18.5. The summed E-state index contributed by atoms with van der Waals surface area (Å²) in [7, 11) is 0. The Morgan fingerprint density at radius 3 is 2.74 bits per heavy atom. The molecule has 0 radical (unpaired) electrons. The molecule has 1 N–H and O–H groups in total. The first-order valence-electron chi connectivity index (χ1n) is 11.1. The molecule has 5 rings (SSSR count). The molecule has 0 saturated carbocycles. The highest BCUT2D eigenvalue weighted by Crippen LogP contribution is 2.38. The van der Waals surface area contributed by atoms with Crippen molar-refractivity contribution in [3.63, 3.8) is 0 Å². The quantitative estimate of drug-likeness (QED) is 0.478. The summed E-state index contributed by atoms with van der Waals surface area (Å²) >= 11 is 0. The van der Waals surface area contributed by atoms with Crippen molar-refractivity contribution in [2.75, 3.05) is 19.6 Å². The predicted molar refractivity (Wildman–Crippen MR) is 123 cm³/mol. The minimum absolute atomic E-state index is 0.399. The summed E-state index contributed by atoms with van der Waals surface area (Å²) in [5.74, 6) is 0.963. The number of hydrogen-bond acceptors (Lipinski definition) is 4. The lowest BCUT2D eigenvalue weighted by molar-refractivity contribution is 0.235. The number of rotatable bonds is 4. The van der Waals surface area contributed by atoms with Crippen molar-refractivity contribution in [3.05, 3.63) is 53.3 Å². The summed E-state index contributed by atoms with van der Waals surface area (Å²) in [6.45, 7) is 9.16. The van der Waals surface area contributed by atoms with Crippen molar-refractivity contribution in [3.8, 4) is 17.3 Å². The van der Waals surface area contributed by atoms with Gasteiger partial charge >= 0.3 is 0 Å². The number of hydrogen-bond donors (Lipinski definition) is 1. The molecule has 3 aromatic heterocycles. The van der Waals surface area contributed by atoms with E-state index in [1.165, 1.54) is 33.3 Å². The van der Waals surface area contributed by atoms with Crippen molar-refractivity contribution in [2.45, 2.75) is 45.4 Å². The van der Waals surface area contributed by atoms with Crippen LogP contribution in [0.2, 0.25) is 0 Å². The first kappa shape index (κ1) is 19.8. The van der Waals surface area contributed by atoms with E-state index in [0.717, 1.165) is 37.1 Å². The van der Waals surface area contributed by atoms with Gasteiger partial charge in [0.1, 0.15) is 0 Å². The normalized spacial score (nSPS) is 15.8. The Hall–Kier alpha value is -3.17. The van der Waals surface area contributed by atoms with Crippen molar-refractivity contribution < 1.29 is 0 Å².